The monoisotopic (exact) mass is 226 g/mol. The second kappa shape index (κ2) is 8.71. The van der Waals surface area contributed by atoms with Crippen molar-refractivity contribution < 1.29 is 19.1 Å². The molecule has 0 atom stereocenters. The summed E-state index contributed by atoms with van der Waals surface area (Å²) >= 11 is 0. The third-order valence-corrected chi connectivity index (χ3v) is 1.94. The summed E-state index contributed by atoms with van der Waals surface area (Å²) in [5, 5.41) is 0. The van der Waals surface area contributed by atoms with Gasteiger partial charge in [-0.1, -0.05) is 12.7 Å². The fourth-order valence-electron chi connectivity index (χ4n) is 1.19. The highest BCUT2D eigenvalue weighted by molar-refractivity contribution is 5.88. The highest BCUT2D eigenvalue weighted by atomic mass is 16.5. The number of hydrogen-bond donors (Lipinski definition) is 0. The molecule has 16 heavy (non-hydrogen) atoms. The summed E-state index contributed by atoms with van der Waals surface area (Å²) in [7, 11) is 1.42. The van der Waals surface area contributed by atoms with E-state index in [0.717, 1.165) is 30.9 Å². The first-order valence-electron chi connectivity index (χ1n) is 5.22. The SMILES string of the molecule is C=CC(=O)OCC.COC(=O)C1=CCCC1. The molecule has 1 rings (SSSR count). The van der Waals surface area contributed by atoms with Crippen LogP contribution in [0, 0.1) is 0 Å². The van der Waals surface area contributed by atoms with Gasteiger partial charge in [-0.05, 0) is 26.2 Å². The van der Waals surface area contributed by atoms with E-state index in [1.807, 2.05) is 6.08 Å². The molecule has 4 heteroatoms. The van der Waals surface area contributed by atoms with Gasteiger partial charge in [-0.15, -0.1) is 0 Å². The molecule has 0 aromatic carbocycles. The zero-order valence-electron chi connectivity index (χ0n) is 9.82. The van der Waals surface area contributed by atoms with Crippen LogP contribution in [0.25, 0.3) is 0 Å². The standard InChI is InChI=1S/C7H10O2.C5H8O2/c1-9-7(8)6-4-2-3-5-6;1-3-5(6)7-4-2/h4H,2-3,5H2,1H3;3H,1,4H2,2H3. The molecule has 0 heterocycles. The molecule has 0 N–H and O–H groups in total. The van der Waals surface area contributed by atoms with Crippen LogP contribution in [-0.4, -0.2) is 25.7 Å². The predicted octanol–water partition coefficient (Wildman–Crippen LogP) is 2.01. The zero-order chi connectivity index (χ0) is 12.4. The summed E-state index contributed by atoms with van der Waals surface area (Å²) in [4.78, 5) is 20.8. The van der Waals surface area contributed by atoms with Gasteiger partial charge in [0.15, 0.2) is 0 Å². The molecule has 0 aromatic heterocycles. The number of rotatable bonds is 3. The van der Waals surface area contributed by atoms with Crippen LogP contribution >= 0.6 is 0 Å². The summed E-state index contributed by atoms with van der Waals surface area (Å²) in [5.41, 5.74) is 0.845. The molecule has 90 valence electrons. The van der Waals surface area contributed by atoms with Crippen LogP contribution in [0.2, 0.25) is 0 Å². The summed E-state index contributed by atoms with van der Waals surface area (Å²) in [6.45, 7) is 5.38. The van der Waals surface area contributed by atoms with E-state index in [1.165, 1.54) is 7.11 Å². The van der Waals surface area contributed by atoms with E-state index in [2.05, 4.69) is 16.1 Å². The maximum Gasteiger partial charge on any atom is 0.333 e. The van der Waals surface area contributed by atoms with Crippen LogP contribution in [0.3, 0.4) is 0 Å². The van der Waals surface area contributed by atoms with Gasteiger partial charge in [-0.2, -0.15) is 0 Å². The number of carbonyl (C=O) groups is 2. The normalized spacial score (nSPS) is 13.0. The molecule has 0 radical (unpaired) electrons. The third kappa shape index (κ3) is 6.01. The number of carbonyl (C=O) groups excluding carboxylic acids is 2. The molecule has 0 unspecified atom stereocenters. The first-order chi connectivity index (χ1) is 7.65. The van der Waals surface area contributed by atoms with E-state index < -0.39 is 0 Å². The Morgan fingerprint density at radius 3 is 2.56 bits per heavy atom. The van der Waals surface area contributed by atoms with Crippen molar-refractivity contribution in [2.24, 2.45) is 0 Å². The molecular weight excluding hydrogens is 208 g/mol. The van der Waals surface area contributed by atoms with Gasteiger partial charge in [0.2, 0.25) is 0 Å². The van der Waals surface area contributed by atoms with E-state index in [0.29, 0.717) is 6.61 Å². The Hall–Kier alpha value is -1.58. The lowest BCUT2D eigenvalue weighted by atomic mass is 10.2. The molecule has 0 aliphatic heterocycles. The van der Waals surface area contributed by atoms with E-state index in [-0.39, 0.29) is 11.9 Å². The molecule has 1 aliphatic rings. The Labute approximate surface area is 95.9 Å². The first-order valence-corrected chi connectivity index (χ1v) is 5.22. The van der Waals surface area contributed by atoms with E-state index in [4.69, 9.17) is 0 Å². The van der Waals surface area contributed by atoms with Crippen LogP contribution in [0.1, 0.15) is 26.2 Å². The van der Waals surface area contributed by atoms with Crippen LogP contribution in [-0.2, 0) is 19.1 Å². The quantitative estimate of drug-likeness (QED) is 0.545. The lowest BCUT2D eigenvalue weighted by molar-refractivity contribution is -0.137. The second-order valence-electron chi connectivity index (χ2n) is 3.07. The molecule has 0 bridgehead atoms. The molecule has 0 saturated carbocycles. The van der Waals surface area contributed by atoms with E-state index in [9.17, 15) is 9.59 Å². The predicted molar refractivity (Wildman–Crippen MR) is 60.8 cm³/mol. The fourth-order valence-corrected chi connectivity index (χ4v) is 1.19. The van der Waals surface area contributed by atoms with Crippen molar-refractivity contribution in [3.8, 4) is 0 Å². The fraction of sp³-hybridized carbons (Fsp3) is 0.500. The molecule has 0 aromatic rings. The van der Waals surface area contributed by atoms with E-state index in [1.54, 1.807) is 6.92 Å². The largest absolute Gasteiger partial charge is 0.466 e. The Morgan fingerprint density at radius 2 is 2.25 bits per heavy atom. The summed E-state index contributed by atoms with van der Waals surface area (Å²) in [5.74, 6) is -0.519. The minimum atomic E-state index is -0.359. The number of methoxy groups -OCH3 is 1. The molecule has 0 spiro atoms. The molecule has 0 saturated heterocycles. The van der Waals surface area contributed by atoms with Gasteiger partial charge in [0.1, 0.15) is 0 Å². The lowest BCUT2D eigenvalue weighted by Gasteiger charge is -1.95. The van der Waals surface area contributed by atoms with Crippen LogP contribution < -0.4 is 0 Å². The van der Waals surface area contributed by atoms with Crippen molar-refractivity contribution >= 4 is 11.9 Å². The number of ether oxygens (including phenoxy) is 2. The van der Waals surface area contributed by atoms with E-state index >= 15 is 0 Å². The van der Waals surface area contributed by atoms with Gasteiger partial charge in [0, 0.05) is 11.6 Å². The average molecular weight is 226 g/mol. The molecular formula is C12H18O4. The van der Waals surface area contributed by atoms with Gasteiger partial charge in [-0.25, -0.2) is 9.59 Å². The Kier molecular flexibility index (Phi) is 7.85. The minimum absolute atomic E-state index is 0.160. The summed E-state index contributed by atoms with van der Waals surface area (Å²) in [6.07, 6.45) is 6.12. The van der Waals surface area contributed by atoms with Gasteiger partial charge in [0.25, 0.3) is 0 Å². The summed E-state index contributed by atoms with van der Waals surface area (Å²) < 4.78 is 8.96. The van der Waals surface area contributed by atoms with Crippen molar-refractivity contribution in [3.05, 3.63) is 24.3 Å². The van der Waals surface area contributed by atoms with Crippen molar-refractivity contribution in [2.75, 3.05) is 13.7 Å². The van der Waals surface area contributed by atoms with Crippen molar-refractivity contribution in [1.82, 2.24) is 0 Å². The zero-order valence-corrected chi connectivity index (χ0v) is 9.82. The van der Waals surface area contributed by atoms with Gasteiger partial charge in [-0.3, -0.25) is 0 Å². The van der Waals surface area contributed by atoms with Crippen LogP contribution in [0.15, 0.2) is 24.3 Å². The number of hydrogen-bond acceptors (Lipinski definition) is 4. The maximum atomic E-state index is 10.7. The second-order valence-corrected chi connectivity index (χ2v) is 3.07. The van der Waals surface area contributed by atoms with Crippen LogP contribution in [0.4, 0.5) is 0 Å². The van der Waals surface area contributed by atoms with Gasteiger partial charge >= 0.3 is 11.9 Å². The smallest absolute Gasteiger partial charge is 0.333 e. The molecule has 0 amide bonds. The first kappa shape index (κ1) is 14.4. The highest BCUT2D eigenvalue weighted by Crippen LogP contribution is 2.17. The maximum absolute atomic E-state index is 10.7. The summed E-state index contributed by atoms with van der Waals surface area (Å²) in [6, 6.07) is 0. The Morgan fingerprint density at radius 1 is 1.56 bits per heavy atom. The molecule has 0 fully saturated rings. The number of esters is 2. The minimum Gasteiger partial charge on any atom is -0.466 e. The Balaban J connectivity index is 0.000000293. The van der Waals surface area contributed by atoms with Gasteiger partial charge < -0.3 is 9.47 Å². The van der Waals surface area contributed by atoms with Gasteiger partial charge in [0.05, 0.1) is 13.7 Å². The van der Waals surface area contributed by atoms with Crippen LogP contribution in [0.5, 0.6) is 0 Å². The topological polar surface area (TPSA) is 52.6 Å². The Bertz CT molecular complexity index is 279. The highest BCUT2D eigenvalue weighted by Gasteiger charge is 2.12. The van der Waals surface area contributed by atoms with Crippen molar-refractivity contribution in [2.45, 2.75) is 26.2 Å². The average Bonchev–Trinajstić information content (AvgIpc) is 2.82. The van der Waals surface area contributed by atoms with Crippen molar-refractivity contribution in [1.29, 1.82) is 0 Å². The van der Waals surface area contributed by atoms with Crippen molar-refractivity contribution in [3.63, 3.8) is 0 Å². The number of allylic oxidation sites excluding steroid dienone is 1. The lowest BCUT2D eigenvalue weighted by Crippen LogP contribution is -2.01. The third-order valence-electron chi connectivity index (χ3n) is 1.94. The molecule has 4 nitrogen and oxygen atoms in total. The molecule has 1 aliphatic carbocycles.